The molecule has 0 amide bonds. The molecule has 9 rings (SSSR count). The fraction of sp³-hybridized carbons (Fsp3) is 0.568. The van der Waals surface area contributed by atoms with Gasteiger partial charge in [-0.25, -0.2) is 0 Å². The monoisotopic (exact) mass is 774 g/mol. The van der Waals surface area contributed by atoms with Crippen molar-refractivity contribution in [3.8, 4) is 0 Å². The van der Waals surface area contributed by atoms with Gasteiger partial charge in [-0.15, -0.1) is 0 Å². The van der Waals surface area contributed by atoms with Crippen molar-refractivity contribution in [3.05, 3.63) is 109 Å². The van der Waals surface area contributed by atoms with Crippen molar-refractivity contribution >= 4 is 24.4 Å². The summed E-state index contributed by atoms with van der Waals surface area (Å²) in [7, 11) is 0. The number of hydrogen-bond acceptors (Lipinski definition) is 0. The smallest absolute Gasteiger partial charge is 0.0638 e. The minimum Gasteiger partial charge on any atom is -1.00 e. The number of hydrogen-bond donors (Lipinski definition) is 0. The van der Waals surface area contributed by atoms with E-state index in [9.17, 15) is 0 Å². The van der Waals surface area contributed by atoms with Crippen LogP contribution in [-0.2, 0) is 32.5 Å². The molecule has 0 saturated heterocycles. The summed E-state index contributed by atoms with van der Waals surface area (Å²) in [6, 6.07) is 16.1. The van der Waals surface area contributed by atoms with E-state index in [1.165, 1.54) is 61.1 Å². The molecule has 3 aromatic rings. The molecule has 0 saturated carbocycles. The SMILES string of the molecule is CC1(C)CCC(C)(C)c2cc3c(cc21)[C]1c2cc4c(cc2C3c2cc3c(cc21)C(C)(C)CCC3(C)C)C(C)(C)CCC4(C)C.[Cl-].[Cl-].[Sb]. The van der Waals surface area contributed by atoms with E-state index in [2.05, 4.69) is 119 Å². The predicted molar refractivity (Wildman–Crippen MR) is 192 cm³/mol. The van der Waals surface area contributed by atoms with E-state index < -0.39 is 0 Å². The molecule has 0 atom stereocenters. The largest absolute Gasteiger partial charge is 1.00 e. The van der Waals surface area contributed by atoms with Crippen LogP contribution in [-0.4, -0.2) is 24.4 Å². The number of benzene rings is 3. The Hall–Kier alpha value is -0.942. The minimum absolute atomic E-state index is 0. The van der Waals surface area contributed by atoms with Crippen LogP contribution >= 0.6 is 0 Å². The first-order valence-electron chi connectivity index (χ1n) is 17.7. The quantitative estimate of drug-likeness (QED) is 0.190. The molecule has 47 heavy (non-hydrogen) atoms. The Morgan fingerprint density at radius 2 is 0.553 bits per heavy atom. The molecule has 3 heteroatoms. The summed E-state index contributed by atoms with van der Waals surface area (Å²) >= 11 is 0. The predicted octanol–water partition coefficient (Wildman–Crippen LogP) is 5.19. The van der Waals surface area contributed by atoms with E-state index in [1.54, 1.807) is 50.1 Å². The Labute approximate surface area is 316 Å². The maximum atomic E-state index is 2.70. The minimum atomic E-state index is 0. The molecule has 2 bridgehead atoms. The molecular formula is C44H55Cl2Sb-2. The topological polar surface area (TPSA) is 0 Å². The van der Waals surface area contributed by atoms with Crippen LogP contribution in [0.4, 0.5) is 0 Å². The summed E-state index contributed by atoms with van der Waals surface area (Å²) < 4.78 is 0. The summed E-state index contributed by atoms with van der Waals surface area (Å²) in [6.07, 6.45) is 7.54. The average molecular weight is 777 g/mol. The van der Waals surface area contributed by atoms with Crippen LogP contribution in [0.3, 0.4) is 0 Å². The first kappa shape index (κ1) is 37.3. The van der Waals surface area contributed by atoms with Crippen LogP contribution in [0.5, 0.6) is 0 Å². The van der Waals surface area contributed by atoms with Gasteiger partial charge >= 0.3 is 0 Å². The molecule has 3 aromatic carbocycles. The van der Waals surface area contributed by atoms with E-state index in [0.29, 0.717) is 5.92 Å². The van der Waals surface area contributed by atoms with Crippen molar-refractivity contribution in [3.63, 3.8) is 0 Å². The van der Waals surface area contributed by atoms with Crippen LogP contribution in [0.2, 0.25) is 0 Å². The van der Waals surface area contributed by atoms with E-state index in [1.807, 2.05) is 0 Å². The van der Waals surface area contributed by atoms with Gasteiger partial charge in [-0.1, -0.05) is 119 Å². The first-order valence-corrected chi connectivity index (χ1v) is 17.7. The van der Waals surface area contributed by atoms with Gasteiger partial charge in [0.05, 0.1) is 5.92 Å². The molecule has 0 heterocycles. The van der Waals surface area contributed by atoms with Gasteiger partial charge in [0, 0.05) is 30.3 Å². The second-order valence-electron chi connectivity index (χ2n) is 19.6. The molecular weight excluding hydrogens is 721 g/mol. The van der Waals surface area contributed by atoms with Gasteiger partial charge in [0.2, 0.25) is 0 Å². The number of rotatable bonds is 0. The average Bonchev–Trinajstić information content (AvgIpc) is 2.94. The van der Waals surface area contributed by atoms with E-state index in [0.717, 1.165) is 0 Å². The van der Waals surface area contributed by atoms with Gasteiger partial charge in [-0.3, -0.25) is 0 Å². The summed E-state index contributed by atoms with van der Waals surface area (Å²) in [5.41, 5.74) is 20.1. The van der Waals surface area contributed by atoms with E-state index >= 15 is 0 Å². The summed E-state index contributed by atoms with van der Waals surface area (Å²) in [5, 5.41) is 0. The number of fused-ring (bicyclic) bond motifs is 3. The standard InChI is InChI=1S/C44H55.2ClH.Sb/c1-39(2)13-14-40(3,4)32-20-26-25(19-31(32)39)37-27-21-33-35(43(9,10)17-15-41(33,5)6)23-29(27)38(26)30-24-36-34(22-28(30)37)42(7,8)16-18-44(36,11)12;;;/h19-24,37H,13-18H2,1-12H3;2*1H;/p-2. The van der Waals surface area contributed by atoms with Crippen LogP contribution < -0.4 is 24.8 Å². The van der Waals surface area contributed by atoms with Crippen molar-refractivity contribution in [2.75, 3.05) is 0 Å². The fourth-order valence-electron chi connectivity index (χ4n) is 10.2. The Morgan fingerprint density at radius 1 is 0.362 bits per heavy atom. The third-order valence-corrected chi connectivity index (χ3v) is 13.8. The summed E-state index contributed by atoms with van der Waals surface area (Å²) in [4.78, 5) is 0. The van der Waals surface area contributed by atoms with E-state index in [-0.39, 0.29) is 81.7 Å². The van der Waals surface area contributed by atoms with Gasteiger partial charge < -0.3 is 24.8 Å². The Balaban J connectivity index is 0.00000144. The van der Waals surface area contributed by atoms with Crippen LogP contribution in [0, 0.1) is 5.92 Å². The Bertz CT molecular complexity index is 1450. The number of halogens is 2. The normalized spacial score (nSPS) is 24.0. The van der Waals surface area contributed by atoms with Crippen molar-refractivity contribution in [1.82, 2.24) is 0 Å². The van der Waals surface area contributed by atoms with Gasteiger partial charge in [-0.05, 0) is 138 Å². The Kier molecular flexibility index (Phi) is 8.76. The zero-order chi connectivity index (χ0) is 31.6. The summed E-state index contributed by atoms with van der Waals surface area (Å²) in [6.45, 7) is 29.9. The molecule has 0 spiro atoms. The van der Waals surface area contributed by atoms with Crippen molar-refractivity contribution in [1.29, 1.82) is 0 Å². The van der Waals surface area contributed by atoms with E-state index in [4.69, 9.17) is 0 Å². The second kappa shape index (κ2) is 11.0. The van der Waals surface area contributed by atoms with Gasteiger partial charge in [-0.2, -0.15) is 0 Å². The maximum absolute atomic E-state index is 2.70. The molecule has 6 aliphatic rings. The van der Waals surface area contributed by atoms with Crippen molar-refractivity contribution < 1.29 is 24.8 Å². The molecule has 0 aliphatic heterocycles. The molecule has 6 aliphatic carbocycles. The van der Waals surface area contributed by atoms with Crippen molar-refractivity contribution in [2.24, 2.45) is 0 Å². The zero-order valence-corrected chi connectivity index (χ0v) is 35.1. The van der Waals surface area contributed by atoms with Crippen LogP contribution in [0.1, 0.15) is 194 Å². The van der Waals surface area contributed by atoms with Crippen molar-refractivity contribution in [2.45, 2.75) is 160 Å². The first-order chi connectivity index (χ1) is 20.3. The molecule has 0 N–H and O–H groups in total. The van der Waals surface area contributed by atoms with Gasteiger partial charge in [0.25, 0.3) is 0 Å². The second-order valence-corrected chi connectivity index (χ2v) is 19.6. The maximum Gasteiger partial charge on any atom is 0.0638 e. The van der Waals surface area contributed by atoms with Crippen LogP contribution in [0.25, 0.3) is 0 Å². The Morgan fingerprint density at radius 3 is 0.766 bits per heavy atom. The molecule has 0 unspecified atom stereocenters. The van der Waals surface area contributed by atoms with Gasteiger partial charge in [0.15, 0.2) is 0 Å². The third kappa shape index (κ3) is 5.09. The summed E-state index contributed by atoms with van der Waals surface area (Å²) in [5.74, 6) is 1.83. The van der Waals surface area contributed by atoms with Crippen LogP contribution in [0.15, 0.2) is 36.4 Å². The molecule has 4 radical (unpaired) electrons. The third-order valence-electron chi connectivity index (χ3n) is 13.8. The molecule has 0 nitrogen and oxygen atoms in total. The molecule has 0 aromatic heterocycles. The zero-order valence-electron chi connectivity index (χ0n) is 31.0. The fourth-order valence-corrected chi connectivity index (χ4v) is 10.2. The molecule has 252 valence electrons. The van der Waals surface area contributed by atoms with Gasteiger partial charge in [0.1, 0.15) is 0 Å². The molecule has 0 fully saturated rings.